The van der Waals surface area contributed by atoms with Crippen LogP contribution in [-0.4, -0.2) is 31.2 Å². The molecule has 2 atom stereocenters. The molecule has 2 unspecified atom stereocenters. The van der Waals surface area contributed by atoms with Crippen LogP contribution in [0.3, 0.4) is 0 Å². The summed E-state index contributed by atoms with van der Waals surface area (Å²) in [7, 11) is 0. The molecule has 5 heteroatoms. The third-order valence-electron chi connectivity index (χ3n) is 4.13. The van der Waals surface area contributed by atoms with E-state index in [0.717, 1.165) is 30.3 Å². The van der Waals surface area contributed by atoms with E-state index in [0.29, 0.717) is 23.8 Å². The van der Waals surface area contributed by atoms with Crippen molar-refractivity contribution in [2.75, 3.05) is 19.8 Å². The molecule has 3 nitrogen and oxygen atoms in total. The van der Waals surface area contributed by atoms with Crippen molar-refractivity contribution in [2.45, 2.75) is 24.9 Å². The van der Waals surface area contributed by atoms with Gasteiger partial charge in [-0.05, 0) is 47.0 Å². The van der Waals surface area contributed by atoms with Crippen molar-refractivity contribution >= 4 is 33.3 Å². The molecule has 0 aliphatic carbocycles. The minimum atomic E-state index is -0.239. The van der Waals surface area contributed by atoms with Gasteiger partial charge in [-0.2, -0.15) is 0 Å². The Kier molecular flexibility index (Phi) is 4.18. The van der Waals surface area contributed by atoms with Gasteiger partial charge in [-0.15, -0.1) is 0 Å². The van der Waals surface area contributed by atoms with Crippen molar-refractivity contribution in [3.8, 4) is 0 Å². The van der Waals surface area contributed by atoms with E-state index in [1.165, 1.54) is 0 Å². The summed E-state index contributed by atoms with van der Waals surface area (Å²) in [6.45, 7) is 1.97. The molecule has 108 valence electrons. The zero-order valence-corrected chi connectivity index (χ0v) is 13.4. The Bertz CT molecular complexity index is 526. The molecule has 2 aliphatic heterocycles. The quantitative estimate of drug-likeness (QED) is 0.752. The molecular formula is C15H16BrClO3. The summed E-state index contributed by atoms with van der Waals surface area (Å²) < 4.78 is 12.1. The van der Waals surface area contributed by atoms with E-state index in [2.05, 4.69) is 15.9 Å². The molecule has 0 bridgehead atoms. The maximum Gasteiger partial charge on any atom is 0.167 e. The van der Waals surface area contributed by atoms with Crippen LogP contribution in [0.25, 0.3) is 0 Å². The maximum absolute atomic E-state index is 12.7. The first-order valence-electron chi connectivity index (χ1n) is 6.81. The van der Waals surface area contributed by atoms with Crippen molar-refractivity contribution in [3.63, 3.8) is 0 Å². The van der Waals surface area contributed by atoms with E-state index in [-0.39, 0.29) is 17.3 Å². The van der Waals surface area contributed by atoms with Gasteiger partial charge in [0.15, 0.2) is 5.78 Å². The molecule has 20 heavy (non-hydrogen) atoms. The number of hydrogen-bond donors (Lipinski definition) is 0. The molecule has 1 aromatic carbocycles. The second-order valence-corrected chi connectivity index (χ2v) is 6.80. The van der Waals surface area contributed by atoms with Gasteiger partial charge in [0.2, 0.25) is 0 Å². The fourth-order valence-corrected chi connectivity index (χ4v) is 3.90. The fraction of sp³-hybridized carbons (Fsp3) is 0.533. The molecule has 0 N–H and O–H groups in total. The second kappa shape index (κ2) is 5.76. The summed E-state index contributed by atoms with van der Waals surface area (Å²) in [5, 5.41) is 0.626. The highest BCUT2D eigenvalue weighted by molar-refractivity contribution is 9.10. The summed E-state index contributed by atoms with van der Waals surface area (Å²) in [5.74, 6) is 0.172. The van der Waals surface area contributed by atoms with E-state index >= 15 is 0 Å². The van der Waals surface area contributed by atoms with Gasteiger partial charge in [0.1, 0.15) is 0 Å². The van der Waals surface area contributed by atoms with Crippen LogP contribution in [0.5, 0.6) is 0 Å². The lowest BCUT2D eigenvalue weighted by Gasteiger charge is -2.36. The number of hydrogen-bond acceptors (Lipinski definition) is 3. The normalized spacial score (nSPS) is 29.8. The number of ether oxygens (including phenoxy) is 2. The molecule has 2 heterocycles. The third-order valence-corrected chi connectivity index (χ3v) is 5.02. The van der Waals surface area contributed by atoms with Crippen LogP contribution < -0.4 is 0 Å². The Labute approximate surface area is 131 Å². The van der Waals surface area contributed by atoms with Crippen molar-refractivity contribution in [1.29, 1.82) is 0 Å². The lowest BCUT2D eigenvalue weighted by molar-refractivity contribution is -0.0920. The largest absolute Gasteiger partial charge is 0.378 e. The molecule has 1 spiro atoms. The lowest BCUT2D eigenvalue weighted by atomic mass is 9.81. The Hall–Kier alpha value is -0.420. The van der Waals surface area contributed by atoms with Crippen LogP contribution in [0.2, 0.25) is 5.02 Å². The molecule has 3 rings (SSSR count). The summed E-state index contributed by atoms with van der Waals surface area (Å²) in [6.07, 6.45) is 2.41. The highest BCUT2D eigenvalue weighted by atomic mass is 79.9. The van der Waals surface area contributed by atoms with Crippen molar-refractivity contribution in [2.24, 2.45) is 5.92 Å². The molecule has 0 amide bonds. The molecule has 0 radical (unpaired) electrons. The number of rotatable bonds is 2. The van der Waals surface area contributed by atoms with E-state index in [1.54, 1.807) is 18.2 Å². The fourth-order valence-electron chi connectivity index (χ4n) is 3.02. The minimum Gasteiger partial charge on any atom is -0.378 e. The SMILES string of the molecule is O=C(c1ccc(Cl)cc1Br)C1CCOC2(CCOC2)C1. The van der Waals surface area contributed by atoms with Crippen LogP contribution in [0.4, 0.5) is 0 Å². The van der Waals surface area contributed by atoms with Gasteiger partial charge in [-0.3, -0.25) is 4.79 Å². The monoisotopic (exact) mass is 358 g/mol. The van der Waals surface area contributed by atoms with Crippen molar-refractivity contribution in [3.05, 3.63) is 33.3 Å². The van der Waals surface area contributed by atoms with Crippen LogP contribution in [-0.2, 0) is 9.47 Å². The van der Waals surface area contributed by atoms with E-state index < -0.39 is 0 Å². The first-order valence-corrected chi connectivity index (χ1v) is 7.98. The number of Topliss-reactive ketones (excluding diaryl/α,β-unsaturated/α-hetero) is 1. The third kappa shape index (κ3) is 2.80. The average Bonchev–Trinajstić information content (AvgIpc) is 2.86. The summed E-state index contributed by atoms with van der Waals surface area (Å²) in [5.41, 5.74) is 0.465. The van der Waals surface area contributed by atoms with Gasteiger partial charge in [0.05, 0.1) is 12.2 Å². The van der Waals surface area contributed by atoms with Crippen molar-refractivity contribution < 1.29 is 14.3 Å². The highest BCUT2D eigenvalue weighted by Gasteiger charge is 2.43. The summed E-state index contributed by atoms with van der Waals surface area (Å²) >= 11 is 9.36. The van der Waals surface area contributed by atoms with Gasteiger partial charge in [0, 0.05) is 40.6 Å². The average molecular weight is 360 g/mol. The first-order chi connectivity index (χ1) is 9.60. The Morgan fingerprint density at radius 3 is 2.95 bits per heavy atom. The Morgan fingerprint density at radius 1 is 1.40 bits per heavy atom. The number of carbonyl (C=O) groups excluding carboxylic acids is 1. The lowest BCUT2D eigenvalue weighted by Crippen LogP contribution is -2.42. The Balaban J connectivity index is 1.79. The molecule has 2 fully saturated rings. The van der Waals surface area contributed by atoms with Gasteiger partial charge < -0.3 is 9.47 Å². The Morgan fingerprint density at radius 2 is 2.25 bits per heavy atom. The molecule has 2 aliphatic rings. The minimum absolute atomic E-state index is 0.00271. The maximum atomic E-state index is 12.7. The molecule has 0 aromatic heterocycles. The molecule has 0 saturated carbocycles. The van der Waals surface area contributed by atoms with E-state index in [1.807, 2.05) is 0 Å². The summed E-state index contributed by atoms with van der Waals surface area (Å²) in [6, 6.07) is 5.32. The number of ketones is 1. The second-order valence-electron chi connectivity index (χ2n) is 5.51. The van der Waals surface area contributed by atoms with Crippen molar-refractivity contribution in [1.82, 2.24) is 0 Å². The van der Waals surface area contributed by atoms with Crippen LogP contribution in [0.15, 0.2) is 22.7 Å². The predicted molar refractivity (Wildman–Crippen MR) is 80.3 cm³/mol. The van der Waals surface area contributed by atoms with Gasteiger partial charge >= 0.3 is 0 Å². The van der Waals surface area contributed by atoms with Gasteiger partial charge in [0.25, 0.3) is 0 Å². The topological polar surface area (TPSA) is 35.5 Å². The van der Waals surface area contributed by atoms with Crippen LogP contribution >= 0.6 is 27.5 Å². The first kappa shape index (κ1) is 14.5. The van der Waals surface area contributed by atoms with Crippen LogP contribution in [0.1, 0.15) is 29.6 Å². The number of halogens is 2. The number of benzene rings is 1. The highest BCUT2D eigenvalue weighted by Crippen LogP contribution is 2.38. The zero-order valence-electron chi connectivity index (χ0n) is 11.0. The zero-order chi connectivity index (χ0) is 14.2. The molecule has 1 aromatic rings. The molecular weight excluding hydrogens is 344 g/mol. The van der Waals surface area contributed by atoms with Gasteiger partial charge in [-0.1, -0.05) is 11.6 Å². The predicted octanol–water partition coefficient (Wildman–Crippen LogP) is 3.87. The van der Waals surface area contributed by atoms with E-state index in [9.17, 15) is 4.79 Å². The number of carbonyl (C=O) groups is 1. The van der Waals surface area contributed by atoms with E-state index in [4.69, 9.17) is 21.1 Å². The van der Waals surface area contributed by atoms with Gasteiger partial charge in [-0.25, -0.2) is 0 Å². The summed E-state index contributed by atoms with van der Waals surface area (Å²) in [4.78, 5) is 12.7. The standard InChI is InChI=1S/C15H16BrClO3/c16-13-7-11(17)1-2-12(13)14(18)10-3-5-20-15(8-10)4-6-19-9-15/h1-2,7,10H,3-6,8-9H2. The smallest absolute Gasteiger partial charge is 0.167 e. The molecule has 2 saturated heterocycles. The van der Waals surface area contributed by atoms with Crippen LogP contribution in [0, 0.1) is 5.92 Å².